The third-order valence-electron chi connectivity index (χ3n) is 0.894. The first kappa shape index (κ1) is 5.03. The average molecular weight is 102 g/mol. The summed E-state index contributed by atoms with van der Waals surface area (Å²) in [6, 6.07) is 0. The van der Waals surface area contributed by atoms with E-state index in [1.807, 2.05) is 0 Å². The van der Waals surface area contributed by atoms with Gasteiger partial charge in [0.1, 0.15) is 0 Å². The molecule has 1 N–H and O–H groups in total. The summed E-state index contributed by atoms with van der Waals surface area (Å²) in [7, 11) is 0. The van der Waals surface area contributed by atoms with E-state index in [1.54, 1.807) is 0 Å². The highest BCUT2D eigenvalue weighted by atomic mass is 16.6. The zero-order valence-corrected chi connectivity index (χ0v) is 4.02. The highest BCUT2D eigenvalue weighted by Gasteiger charge is 2.08. The van der Waals surface area contributed by atoms with Gasteiger partial charge in [-0.2, -0.15) is 0 Å². The molecule has 7 heavy (non-hydrogen) atoms. The Morgan fingerprint density at radius 3 is 2.86 bits per heavy atom. The van der Waals surface area contributed by atoms with Crippen LogP contribution in [0.25, 0.3) is 0 Å². The lowest BCUT2D eigenvalue weighted by atomic mass is 10.5. The molecule has 1 fully saturated rings. The third kappa shape index (κ3) is 1.43. The van der Waals surface area contributed by atoms with Crippen LogP contribution in [0.15, 0.2) is 0 Å². The fourth-order valence-corrected chi connectivity index (χ4v) is 0.541. The molecular weight excluding hydrogens is 94.0 g/mol. The van der Waals surface area contributed by atoms with Gasteiger partial charge in [-0.1, -0.05) is 0 Å². The Morgan fingerprint density at radius 2 is 2.57 bits per heavy atom. The summed E-state index contributed by atoms with van der Waals surface area (Å²) in [5.41, 5.74) is 0. The SMILES string of the molecule is [O]C1CNCCO1. The molecule has 1 saturated heterocycles. The Bertz CT molecular complexity index is 51.7. The second-order valence-corrected chi connectivity index (χ2v) is 1.50. The second-order valence-electron chi connectivity index (χ2n) is 1.50. The van der Waals surface area contributed by atoms with E-state index in [-0.39, 0.29) is 0 Å². The number of ether oxygens (including phenoxy) is 1. The molecule has 0 aromatic heterocycles. The van der Waals surface area contributed by atoms with Crippen LogP contribution < -0.4 is 5.32 Å². The van der Waals surface area contributed by atoms with Crippen molar-refractivity contribution in [2.45, 2.75) is 6.29 Å². The number of hydrogen-bond donors (Lipinski definition) is 1. The van der Waals surface area contributed by atoms with Crippen LogP contribution >= 0.6 is 0 Å². The summed E-state index contributed by atoms with van der Waals surface area (Å²) in [6.07, 6.45) is -0.825. The van der Waals surface area contributed by atoms with Crippen LogP contribution in [-0.2, 0) is 9.84 Å². The molecule has 1 aliphatic rings. The standard InChI is InChI=1S/C4H8NO2/c6-4-3-5-1-2-7-4/h4-5H,1-3H2. The van der Waals surface area contributed by atoms with Crippen LogP contribution in [0.3, 0.4) is 0 Å². The molecule has 0 aliphatic carbocycles. The van der Waals surface area contributed by atoms with Crippen molar-refractivity contribution in [2.24, 2.45) is 0 Å². The lowest BCUT2D eigenvalue weighted by Gasteiger charge is -2.15. The van der Waals surface area contributed by atoms with E-state index in [0.717, 1.165) is 6.54 Å². The molecule has 1 atom stereocenters. The Morgan fingerprint density at radius 1 is 1.71 bits per heavy atom. The zero-order valence-electron chi connectivity index (χ0n) is 4.02. The molecule has 1 aliphatic heterocycles. The van der Waals surface area contributed by atoms with Gasteiger partial charge in [0, 0.05) is 13.1 Å². The van der Waals surface area contributed by atoms with Crippen molar-refractivity contribution in [1.82, 2.24) is 5.32 Å². The van der Waals surface area contributed by atoms with Crippen molar-refractivity contribution in [1.29, 1.82) is 0 Å². The quantitative estimate of drug-likeness (QED) is 0.442. The molecule has 1 rings (SSSR count). The average Bonchev–Trinajstić information content (AvgIpc) is 1.69. The van der Waals surface area contributed by atoms with E-state index in [2.05, 4.69) is 10.1 Å². The van der Waals surface area contributed by atoms with Gasteiger partial charge in [0.2, 0.25) is 6.29 Å². The number of morpholine rings is 1. The van der Waals surface area contributed by atoms with E-state index in [0.29, 0.717) is 13.2 Å². The Balaban J connectivity index is 2.12. The van der Waals surface area contributed by atoms with Crippen molar-refractivity contribution < 1.29 is 9.84 Å². The minimum atomic E-state index is -0.825. The molecule has 0 amide bonds. The molecule has 3 nitrogen and oxygen atoms in total. The fourth-order valence-electron chi connectivity index (χ4n) is 0.541. The molecule has 0 bridgehead atoms. The zero-order chi connectivity index (χ0) is 5.11. The van der Waals surface area contributed by atoms with Gasteiger partial charge in [-0.25, -0.2) is 5.11 Å². The van der Waals surface area contributed by atoms with E-state index in [1.165, 1.54) is 0 Å². The van der Waals surface area contributed by atoms with Crippen molar-refractivity contribution in [3.8, 4) is 0 Å². The molecular formula is C4H8NO2. The monoisotopic (exact) mass is 102 g/mol. The molecule has 1 radical (unpaired) electrons. The maximum Gasteiger partial charge on any atom is 0.203 e. The fraction of sp³-hybridized carbons (Fsp3) is 1.00. The maximum absolute atomic E-state index is 10.3. The van der Waals surface area contributed by atoms with Crippen LogP contribution in [0, 0.1) is 0 Å². The van der Waals surface area contributed by atoms with E-state index >= 15 is 0 Å². The highest BCUT2D eigenvalue weighted by molar-refractivity contribution is 4.54. The third-order valence-corrected chi connectivity index (χ3v) is 0.894. The van der Waals surface area contributed by atoms with E-state index in [4.69, 9.17) is 0 Å². The summed E-state index contributed by atoms with van der Waals surface area (Å²) in [4.78, 5) is 0. The first-order valence-electron chi connectivity index (χ1n) is 2.38. The van der Waals surface area contributed by atoms with Gasteiger partial charge >= 0.3 is 0 Å². The minimum absolute atomic E-state index is 0.458. The molecule has 0 spiro atoms. The predicted octanol–water partition coefficient (Wildman–Crippen LogP) is -0.637. The van der Waals surface area contributed by atoms with Gasteiger partial charge in [-0.05, 0) is 0 Å². The Labute approximate surface area is 42.3 Å². The van der Waals surface area contributed by atoms with Gasteiger partial charge < -0.3 is 10.1 Å². The van der Waals surface area contributed by atoms with Crippen LogP contribution in [-0.4, -0.2) is 26.0 Å². The first-order valence-corrected chi connectivity index (χ1v) is 2.38. The summed E-state index contributed by atoms with van der Waals surface area (Å²) in [5.74, 6) is 0. The molecule has 0 aromatic carbocycles. The van der Waals surface area contributed by atoms with Gasteiger partial charge in [0.25, 0.3) is 0 Å². The highest BCUT2D eigenvalue weighted by Crippen LogP contribution is 1.88. The smallest absolute Gasteiger partial charge is 0.203 e. The lowest BCUT2D eigenvalue weighted by molar-refractivity contribution is -0.150. The molecule has 1 heterocycles. The van der Waals surface area contributed by atoms with Crippen LogP contribution in [0.2, 0.25) is 0 Å². The topological polar surface area (TPSA) is 41.2 Å². The van der Waals surface area contributed by atoms with Crippen LogP contribution in [0.1, 0.15) is 0 Å². The van der Waals surface area contributed by atoms with Crippen LogP contribution in [0.4, 0.5) is 0 Å². The number of rotatable bonds is 0. The largest absolute Gasteiger partial charge is 0.347 e. The minimum Gasteiger partial charge on any atom is -0.347 e. The second kappa shape index (κ2) is 2.26. The van der Waals surface area contributed by atoms with Gasteiger partial charge in [-0.3, -0.25) is 0 Å². The lowest BCUT2D eigenvalue weighted by Crippen LogP contribution is -2.37. The summed E-state index contributed by atoms with van der Waals surface area (Å²) >= 11 is 0. The van der Waals surface area contributed by atoms with Gasteiger partial charge in [0.05, 0.1) is 6.61 Å². The van der Waals surface area contributed by atoms with Gasteiger partial charge in [0.15, 0.2) is 0 Å². The molecule has 0 aromatic rings. The van der Waals surface area contributed by atoms with Crippen molar-refractivity contribution in [3.63, 3.8) is 0 Å². The number of hydrogen-bond acceptors (Lipinski definition) is 2. The van der Waals surface area contributed by atoms with Crippen molar-refractivity contribution in [2.75, 3.05) is 19.7 Å². The van der Waals surface area contributed by atoms with E-state index in [9.17, 15) is 5.11 Å². The Kier molecular flexibility index (Phi) is 1.62. The number of nitrogens with one attached hydrogen (secondary N) is 1. The Hall–Kier alpha value is -0.120. The van der Waals surface area contributed by atoms with Crippen molar-refractivity contribution in [3.05, 3.63) is 0 Å². The summed E-state index contributed by atoms with van der Waals surface area (Å²) in [6.45, 7) is 1.84. The summed E-state index contributed by atoms with van der Waals surface area (Å²) < 4.78 is 4.66. The summed E-state index contributed by atoms with van der Waals surface area (Å²) in [5, 5.41) is 13.2. The van der Waals surface area contributed by atoms with Crippen LogP contribution in [0.5, 0.6) is 0 Å². The molecule has 41 valence electrons. The van der Waals surface area contributed by atoms with Gasteiger partial charge in [-0.15, -0.1) is 0 Å². The predicted molar refractivity (Wildman–Crippen MR) is 23.3 cm³/mol. The van der Waals surface area contributed by atoms with Crippen molar-refractivity contribution >= 4 is 0 Å². The molecule has 0 saturated carbocycles. The normalized spacial score (nSPS) is 33.0. The molecule has 3 heteroatoms. The first-order chi connectivity index (χ1) is 3.39. The van der Waals surface area contributed by atoms with E-state index < -0.39 is 6.29 Å². The maximum atomic E-state index is 10.3. The molecule has 1 unspecified atom stereocenters.